The molecule has 2 aromatic rings. The molecule has 27 heavy (non-hydrogen) atoms. The standard InChI is InChI=1S/C20H21N3O4/c1-21-18(24)15-6-4-8-22-17(15)23-10-14-11-27-16-7-3-2-5-13(16)9-20(14,12-23)19(25)26/h2-8,14H,9-12H2,1H3,(H,21,24)(H,25,26)/t14-,20+/m0/s1. The molecular weight excluding hydrogens is 346 g/mol. The van der Waals surface area contributed by atoms with Crippen LogP contribution < -0.4 is 15.0 Å². The van der Waals surface area contributed by atoms with Crippen LogP contribution >= 0.6 is 0 Å². The number of nitrogens with one attached hydrogen (secondary N) is 1. The first kappa shape index (κ1) is 17.3. The molecule has 4 rings (SSSR count). The molecule has 7 heteroatoms. The maximum absolute atomic E-state index is 12.4. The van der Waals surface area contributed by atoms with E-state index in [4.69, 9.17) is 4.74 Å². The van der Waals surface area contributed by atoms with Crippen molar-refractivity contribution in [1.29, 1.82) is 0 Å². The number of nitrogens with zero attached hydrogens (tertiary/aromatic N) is 2. The molecule has 1 aromatic heterocycles. The number of hydrogen-bond acceptors (Lipinski definition) is 5. The zero-order chi connectivity index (χ0) is 19.0. The second kappa shape index (κ2) is 6.57. The predicted octanol–water partition coefficient (Wildman–Crippen LogP) is 1.58. The number of hydrogen-bond donors (Lipinski definition) is 2. The van der Waals surface area contributed by atoms with Gasteiger partial charge >= 0.3 is 5.97 Å². The average molecular weight is 367 g/mol. The molecule has 7 nitrogen and oxygen atoms in total. The van der Waals surface area contributed by atoms with Gasteiger partial charge in [-0.25, -0.2) is 4.98 Å². The van der Waals surface area contributed by atoms with E-state index in [-0.39, 0.29) is 18.4 Å². The highest BCUT2D eigenvalue weighted by Crippen LogP contribution is 2.45. The maximum atomic E-state index is 12.4. The highest BCUT2D eigenvalue weighted by molar-refractivity contribution is 5.99. The lowest BCUT2D eigenvalue weighted by molar-refractivity contribution is -0.150. The van der Waals surface area contributed by atoms with Crippen molar-refractivity contribution in [1.82, 2.24) is 10.3 Å². The molecule has 3 heterocycles. The number of pyridine rings is 1. The van der Waals surface area contributed by atoms with Gasteiger partial charge in [0.05, 0.1) is 17.6 Å². The van der Waals surface area contributed by atoms with Crippen LogP contribution in [0.2, 0.25) is 0 Å². The maximum Gasteiger partial charge on any atom is 0.312 e. The van der Waals surface area contributed by atoms with Gasteiger partial charge in [0.25, 0.3) is 5.91 Å². The summed E-state index contributed by atoms with van der Waals surface area (Å²) in [6.07, 6.45) is 2.01. The topological polar surface area (TPSA) is 91.8 Å². The van der Waals surface area contributed by atoms with E-state index in [1.165, 1.54) is 0 Å². The number of ether oxygens (including phenoxy) is 1. The van der Waals surface area contributed by atoms with E-state index in [2.05, 4.69) is 10.3 Å². The van der Waals surface area contributed by atoms with Gasteiger partial charge in [0.15, 0.2) is 0 Å². The second-order valence-corrected chi connectivity index (χ2v) is 7.09. The van der Waals surface area contributed by atoms with Gasteiger partial charge in [0.1, 0.15) is 11.6 Å². The zero-order valence-electron chi connectivity index (χ0n) is 15.0. The minimum absolute atomic E-state index is 0.207. The van der Waals surface area contributed by atoms with Crippen molar-refractivity contribution in [3.63, 3.8) is 0 Å². The Morgan fingerprint density at radius 3 is 2.89 bits per heavy atom. The first-order valence-corrected chi connectivity index (χ1v) is 8.91. The van der Waals surface area contributed by atoms with Crippen molar-refractivity contribution < 1.29 is 19.4 Å². The minimum atomic E-state index is -0.982. The predicted molar refractivity (Wildman–Crippen MR) is 99.0 cm³/mol. The molecule has 2 aliphatic rings. The van der Waals surface area contributed by atoms with Crippen molar-refractivity contribution in [2.24, 2.45) is 11.3 Å². The molecule has 0 spiro atoms. The third-order valence-corrected chi connectivity index (χ3v) is 5.60. The van der Waals surface area contributed by atoms with Crippen LogP contribution in [-0.4, -0.2) is 48.7 Å². The minimum Gasteiger partial charge on any atom is -0.493 e. The lowest BCUT2D eigenvalue weighted by Crippen LogP contribution is -2.42. The van der Waals surface area contributed by atoms with Crippen LogP contribution in [0, 0.1) is 11.3 Å². The number of carboxylic acid groups (broad SMARTS) is 1. The molecule has 2 atom stereocenters. The molecule has 1 amide bonds. The molecule has 0 saturated carbocycles. The molecule has 0 radical (unpaired) electrons. The first-order valence-electron chi connectivity index (χ1n) is 8.91. The van der Waals surface area contributed by atoms with E-state index in [9.17, 15) is 14.7 Å². The third-order valence-electron chi connectivity index (χ3n) is 5.60. The molecule has 1 saturated heterocycles. The van der Waals surface area contributed by atoms with Crippen LogP contribution in [0.25, 0.3) is 0 Å². The van der Waals surface area contributed by atoms with Gasteiger partial charge in [-0.1, -0.05) is 18.2 Å². The van der Waals surface area contributed by atoms with Crippen LogP contribution in [0.5, 0.6) is 5.75 Å². The SMILES string of the molecule is CNC(=O)c1cccnc1N1C[C@H]2COc3ccccc3C[C@@]2(C(=O)O)C1. The number of carbonyl (C=O) groups excluding carboxylic acids is 1. The second-order valence-electron chi connectivity index (χ2n) is 7.09. The van der Waals surface area contributed by atoms with Gasteiger partial charge in [0.2, 0.25) is 0 Å². The Labute approximate surface area is 157 Å². The fourth-order valence-corrected chi connectivity index (χ4v) is 4.15. The number of fused-ring (bicyclic) bond motifs is 2. The van der Waals surface area contributed by atoms with E-state index < -0.39 is 11.4 Å². The summed E-state index contributed by atoms with van der Waals surface area (Å²) in [4.78, 5) is 30.9. The summed E-state index contributed by atoms with van der Waals surface area (Å²) in [6, 6.07) is 11.0. The van der Waals surface area contributed by atoms with E-state index in [0.29, 0.717) is 31.0 Å². The summed E-state index contributed by atoms with van der Waals surface area (Å²) in [6.45, 7) is 1.08. The Morgan fingerprint density at radius 2 is 2.11 bits per heavy atom. The van der Waals surface area contributed by atoms with Crippen molar-refractivity contribution in [3.05, 3.63) is 53.7 Å². The quantitative estimate of drug-likeness (QED) is 0.856. The summed E-state index contributed by atoms with van der Waals surface area (Å²) in [5.41, 5.74) is 0.361. The number of amides is 1. The highest BCUT2D eigenvalue weighted by atomic mass is 16.5. The average Bonchev–Trinajstić information content (AvgIpc) is 2.98. The van der Waals surface area contributed by atoms with Crippen LogP contribution in [0.4, 0.5) is 5.82 Å². The first-order chi connectivity index (χ1) is 13.0. The Hall–Kier alpha value is -3.09. The largest absolute Gasteiger partial charge is 0.493 e. The van der Waals surface area contributed by atoms with Gasteiger partial charge in [-0.05, 0) is 30.2 Å². The van der Waals surface area contributed by atoms with Gasteiger partial charge < -0.3 is 20.1 Å². The molecule has 2 N–H and O–H groups in total. The number of aromatic nitrogens is 1. The monoisotopic (exact) mass is 367 g/mol. The summed E-state index contributed by atoms with van der Waals surface area (Å²) < 4.78 is 5.93. The van der Waals surface area contributed by atoms with Crippen molar-refractivity contribution in [2.45, 2.75) is 6.42 Å². The molecule has 1 aromatic carbocycles. The summed E-state index contributed by atoms with van der Waals surface area (Å²) >= 11 is 0. The fourth-order valence-electron chi connectivity index (χ4n) is 4.15. The van der Waals surface area contributed by atoms with E-state index in [1.54, 1.807) is 25.4 Å². The molecule has 0 unspecified atom stereocenters. The number of anilines is 1. The lowest BCUT2D eigenvalue weighted by atomic mass is 9.74. The van der Waals surface area contributed by atoms with Crippen LogP contribution in [0.1, 0.15) is 15.9 Å². The van der Waals surface area contributed by atoms with Gasteiger partial charge in [-0.2, -0.15) is 0 Å². The number of rotatable bonds is 3. The fraction of sp³-hybridized carbons (Fsp3) is 0.350. The Balaban J connectivity index is 1.73. The van der Waals surface area contributed by atoms with E-state index in [1.807, 2.05) is 29.2 Å². The molecule has 0 aliphatic carbocycles. The molecule has 2 aliphatic heterocycles. The molecule has 0 bridgehead atoms. The Kier molecular flexibility index (Phi) is 4.22. The van der Waals surface area contributed by atoms with Crippen LogP contribution in [0.15, 0.2) is 42.6 Å². The smallest absolute Gasteiger partial charge is 0.312 e. The molecule has 1 fully saturated rings. The van der Waals surface area contributed by atoms with Gasteiger partial charge in [-0.15, -0.1) is 0 Å². The van der Waals surface area contributed by atoms with Gasteiger partial charge in [-0.3, -0.25) is 9.59 Å². The third kappa shape index (κ3) is 2.79. The van der Waals surface area contributed by atoms with Crippen molar-refractivity contribution >= 4 is 17.7 Å². The number of para-hydroxylation sites is 1. The molecular formula is C20H21N3O4. The van der Waals surface area contributed by atoms with Crippen LogP contribution in [0.3, 0.4) is 0 Å². The Bertz CT molecular complexity index is 900. The number of carboxylic acids is 1. The number of carbonyl (C=O) groups is 2. The lowest BCUT2D eigenvalue weighted by Gasteiger charge is -2.27. The summed E-state index contributed by atoms with van der Waals surface area (Å²) in [5, 5.41) is 12.8. The summed E-state index contributed by atoms with van der Waals surface area (Å²) in [5.74, 6) is -0.0207. The Morgan fingerprint density at radius 1 is 1.30 bits per heavy atom. The van der Waals surface area contributed by atoms with Crippen molar-refractivity contribution in [2.75, 3.05) is 31.6 Å². The van der Waals surface area contributed by atoms with Gasteiger partial charge in [0, 0.05) is 32.3 Å². The normalized spacial score (nSPS) is 23.6. The number of benzene rings is 1. The van der Waals surface area contributed by atoms with Crippen molar-refractivity contribution in [3.8, 4) is 5.75 Å². The molecule has 140 valence electrons. The summed E-state index contributed by atoms with van der Waals surface area (Å²) in [7, 11) is 1.57. The van der Waals surface area contributed by atoms with E-state index in [0.717, 1.165) is 11.3 Å². The number of aliphatic carboxylic acids is 1. The zero-order valence-corrected chi connectivity index (χ0v) is 15.0. The highest BCUT2D eigenvalue weighted by Gasteiger charge is 2.54. The van der Waals surface area contributed by atoms with Crippen LogP contribution in [-0.2, 0) is 11.2 Å². The van der Waals surface area contributed by atoms with E-state index >= 15 is 0 Å².